The van der Waals surface area contributed by atoms with Crippen LogP contribution in [0.3, 0.4) is 0 Å². The van der Waals surface area contributed by atoms with Crippen LogP contribution >= 0.6 is 0 Å². The largest absolute Gasteiger partial charge is 0.448 e. The van der Waals surface area contributed by atoms with Gasteiger partial charge in [0, 0.05) is 0 Å². The lowest BCUT2D eigenvalue weighted by molar-refractivity contribution is -0.131. The molecule has 3 N–H and O–H groups in total. The fraction of sp³-hybridized carbons (Fsp3) is 0.600. The third-order valence-electron chi connectivity index (χ3n) is 0.844. The second-order valence-corrected chi connectivity index (χ2v) is 1.76. The van der Waals surface area contributed by atoms with Gasteiger partial charge in [-0.1, -0.05) is 0 Å². The molecule has 5 nitrogen and oxygen atoms in total. The van der Waals surface area contributed by atoms with Gasteiger partial charge in [-0.25, -0.2) is 4.79 Å². The number of halogens is 2. The standard InChI is InChI=1S/C5H8F2N2O3/c6-3(7)4(10)9-1-2-12-5(8)11/h3H,1-2H2,(H2,8,11)(H,9,10). The molecule has 0 radical (unpaired) electrons. The van der Waals surface area contributed by atoms with Gasteiger partial charge in [-0.2, -0.15) is 8.78 Å². The van der Waals surface area contributed by atoms with Crippen molar-refractivity contribution in [2.45, 2.75) is 6.43 Å². The van der Waals surface area contributed by atoms with Crippen molar-refractivity contribution < 1.29 is 23.1 Å². The highest BCUT2D eigenvalue weighted by Gasteiger charge is 2.13. The fourth-order valence-corrected chi connectivity index (χ4v) is 0.403. The molecule has 0 aliphatic heterocycles. The van der Waals surface area contributed by atoms with Gasteiger partial charge in [-0.3, -0.25) is 4.79 Å². The van der Waals surface area contributed by atoms with Crippen LogP contribution in [0.4, 0.5) is 13.6 Å². The van der Waals surface area contributed by atoms with Crippen molar-refractivity contribution in [3.8, 4) is 0 Å². The summed E-state index contributed by atoms with van der Waals surface area (Å²) in [6, 6.07) is 0. The van der Waals surface area contributed by atoms with E-state index in [4.69, 9.17) is 0 Å². The van der Waals surface area contributed by atoms with Gasteiger partial charge < -0.3 is 15.8 Å². The molecule has 0 aliphatic carbocycles. The molecule has 0 saturated carbocycles. The van der Waals surface area contributed by atoms with Crippen LogP contribution in [-0.2, 0) is 9.53 Å². The van der Waals surface area contributed by atoms with E-state index in [1.54, 1.807) is 0 Å². The van der Waals surface area contributed by atoms with Crippen molar-refractivity contribution >= 4 is 12.0 Å². The molecule has 0 heterocycles. The van der Waals surface area contributed by atoms with Gasteiger partial charge in [0.25, 0.3) is 5.91 Å². The number of hydrogen-bond acceptors (Lipinski definition) is 3. The molecule has 0 unspecified atom stereocenters. The first-order chi connectivity index (χ1) is 5.54. The maximum atomic E-state index is 11.5. The minimum absolute atomic E-state index is 0.174. The van der Waals surface area contributed by atoms with Gasteiger partial charge in [-0.15, -0.1) is 0 Å². The number of nitrogens with two attached hydrogens (primary N) is 1. The average molecular weight is 182 g/mol. The second-order valence-electron chi connectivity index (χ2n) is 1.76. The van der Waals surface area contributed by atoms with E-state index in [9.17, 15) is 18.4 Å². The number of alkyl halides is 2. The highest BCUT2D eigenvalue weighted by molar-refractivity contribution is 5.79. The molecule has 0 aromatic rings. The minimum atomic E-state index is -3.06. The highest BCUT2D eigenvalue weighted by atomic mass is 19.3. The Morgan fingerprint density at radius 1 is 1.50 bits per heavy atom. The lowest BCUT2D eigenvalue weighted by Gasteiger charge is -2.03. The van der Waals surface area contributed by atoms with E-state index >= 15 is 0 Å². The minimum Gasteiger partial charge on any atom is -0.448 e. The molecule has 12 heavy (non-hydrogen) atoms. The second kappa shape index (κ2) is 5.28. The first-order valence-corrected chi connectivity index (χ1v) is 3.02. The van der Waals surface area contributed by atoms with Gasteiger partial charge in [0.1, 0.15) is 6.61 Å². The van der Waals surface area contributed by atoms with Crippen LogP contribution in [0.1, 0.15) is 0 Å². The first kappa shape index (κ1) is 10.6. The van der Waals surface area contributed by atoms with E-state index in [-0.39, 0.29) is 13.2 Å². The van der Waals surface area contributed by atoms with Crippen molar-refractivity contribution in [1.29, 1.82) is 0 Å². The molecule has 0 spiro atoms. The number of carbonyl (C=O) groups excluding carboxylic acids is 2. The van der Waals surface area contributed by atoms with Crippen LogP contribution in [-0.4, -0.2) is 31.6 Å². The lowest BCUT2D eigenvalue weighted by Crippen LogP contribution is -2.33. The number of hydrogen-bond donors (Lipinski definition) is 2. The predicted octanol–water partition coefficient (Wildman–Crippen LogP) is -0.537. The van der Waals surface area contributed by atoms with Crippen LogP contribution in [0, 0.1) is 0 Å². The van der Waals surface area contributed by atoms with E-state index < -0.39 is 18.4 Å². The van der Waals surface area contributed by atoms with Crippen molar-refractivity contribution in [2.24, 2.45) is 5.73 Å². The zero-order valence-corrected chi connectivity index (χ0v) is 6.05. The summed E-state index contributed by atoms with van der Waals surface area (Å²) >= 11 is 0. The maximum Gasteiger partial charge on any atom is 0.404 e. The maximum absolute atomic E-state index is 11.5. The average Bonchev–Trinajstić information content (AvgIpc) is 1.97. The topological polar surface area (TPSA) is 81.4 Å². The van der Waals surface area contributed by atoms with Crippen molar-refractivity contribution in [3.63, 3.8) is 0 Å². The van der Waals surface area contributed by atoms with Crippen molar-refractivity contribution in [2.75, 3.05) is 13.2 Å². The number of rotatable bonds is 4. The fourth-order valence-electron chi connectivity index (χ4n) is 0.403. The molecule has 0 bridgehead atoms. The van der Waals surface area contributed by atoms with Crippen LogP contribution in [0.15, 0.2) is 0 Å². The highest BCUT2D eigenvalue weighted by Crippen LogP contribution is 1.89. The molecule has 70 valence electrons. The molecule has 0 aromatic heterocycles. The summed E-state index contributed by atoms with van der Waals surface area (Å²) in [6.07, 6.45) is -4.07. The SMILES string of the molecule is NC(=O)OCCNC(=O)C(F)F. The number of carbonyl (C=O) groups is 2. The Bertz CT molecular complexity index is 174. The molecule has 0 aromatic carbocycles. The third-order valence-corrected chi connectivity index (χ3v) is 0.844. The van der Waals surface area contributed by atoms with E-state index in [1.807, 2.05) is 5.32 Å². The van der Waals surface area contributed by atoms with Gasteiger partial charge in [0.15, 0.2) is 0 Å². The molecular formula is C5H8F2N2O3. The Kier molecular flexibility index (Phi) is 4.66. The summed E-state index contributed by atoms with van der Waals surface area (Å²) in [7, 11) is 0. The Balaban J connectivity index is 3.32. The van der Waals surface area contributed by atoms with Crippen LogP contribution < -0.4 is 11.1 Å². The smallest absolute Gasteiger partial charge is 0.404 e. The van der Waals surface area contributed by atoms with E-state index in [0.29, 0.717) is 0 Å². The monoisotopic (exact) mass is 182 g/mol. The number of ether oxygens (including phenoxy) is 1. The molecule has 0 atom stereocenters. The Morgan fingerprint density at radius 3 is 2.50 bits per heavy atom. The molecule has 0 rings (SSSR count). The van der Waals surface area contributed by atoms with Crippen LogP contribution in [0.5, 0.6) is 0 Å². The molecule has 7 heteroatoms. The summed E-state index contributed by atoms with van der Waals surface area (Å²) in [4.78, 5) is 20.1. The number of nitrogens with one attached hydrogen (secondary N) is 1. The van der Waals surface area contributed by atoms with Crippen LogP contribution in [0.2, 0.25) is 0 Å². The van der Waals surface area contributed by atoms with E-state index in [2.05, 4.69) is 10.5 Å². The van der Waals surface area contributed by atoms with E-state index in [0.717, 1.165) is 0 Å². The lowest BCUT2D eigenvalue weighted by atomic mass is 10.6. The Morgan fingerprint density at radius 2 is 2.08 bits per heavy atom. The summed E-state index contributed by atoms with van der Waals surface area (Å²) in [5, 5.41) is 1.82. The third kappa shape index (κ3) is 5.39. The zero-order chi connectivity index (χ0) is 9.56. The summed E-state index contributed by atoms with van der Waals surface area (Å²) in [6.45, 7) is -0.389. The first-order valence-electron chi connectivity index (χ1n) is 3.02. The molecular weight excluding hydrogens is 174 g/mol. The van der Waals surface area contributed by atoms with Crippen LogP contribution in [0.25, 0.3) is 0 Å². The number of amides is 2. The molecule has 0 fully saturated rings. The van der Waals surface area contributed by atoms with Crippen molar-refractivity contribution in [3.05, 3.63) is 0 Å². The zero-order valence-electron chi connectivity index (χ0n) is 6.05. The van der Waals surface area contributed by atoms with Crippen molar-refractivity contribution in [1.82, 2.24) is 5.32 Å². The molecule has 2 amide bonds. The predicted molar refractivity (Wildman–Crippen MR) is 34.5 cm³/mol. The van der Waals surface area contributed by atoms with Gasteiger partial charge in [-0.05, 0) is 0 Å². The summed E-state index contributed by atoms with van der Waals surface area (Å²) in [5.74, 6) is -1.40. The molecule has 0 aliphatic rings. The Labute approximate surface area is 66.9 Å². The summed E-state index contributed by atoms with van der Waals surface area (Å²) in [5.41, 5.74) is 4.55. The van der Waals surface area contributed by atoms with Gasteiger partial charge in [0.05, 0.1) is 6.54 Å². The summed E-state index contributed by atoms with van der Waals surface area (Å²) < 4.78 is 27.1. The molecule has 0 saturated heterocycles. The van der Waals surface area contributed by atoms with E-state index in [1.165, 1.54) is 0 Å². The quantitative estimate of drug-likeness (QED) is 0.573. The Hall–Kier alpha value is -1.40. The van der Waals surface area contributed by atoms with Gasteiger partial charge in [0.2, 0.25) is 0 Å². The number of primary amides is 1. The normalized spacial score (nSPS) is 9.58. The van der Waals surface area contributed by atoms with Gasteiger partial charge >= 0.3 is 12.5 Å².